The van der Waals surface area contributed by atoms with Gasteiger partial charge in [-0.15, -0.1) is 0 Å². The maximum absolute atomic E-state index is 11.7. The van der Waals surface area contributed by atoms with E-state index in [1.165, 1.54) is 6.33 Å². The van der Waals surface area contributed by atoms with Gasteiger partial charge in [0.15, 0.2) is 0 Å². The zero-order chi connectivity index (χ0) is 13.5. The molecule has 0 aliphatic rings. The van der Waals surface area contributed by atoms with Crippen molar-refractivity contribution in [2.24, 2.45) is 0 Å². The van der Waals surface area contributed by atoms with Crippen molar-refractivity contribution in [3.63, 3.8) is 0 Å². The molecule has 2 atom stereocenters. The van der Waals surface area contributed by atoms with Crippen molar-refractivity contribution >= 4 is 10.8 Å². The van der Waals surface area contributed by atoms with Crippen LogP contribution in [0, 0.1) is 0 Å². The van der Waals surface area contributed by atoms with Crippen LogP contribution in [0.4, 0.5) is 0 Å². The third-order valence-corrected chi connectivity index (χ3v) is 3.69. The SMILES string of the molecule is O=[S@](C[C@@H](O)COCc1ccccc1)c1ncn[nH]1. The van der Waals surface area contributed by atoms with Crippen molar-refractivity contribution in [2.75, 3.05) is 12.4 Å². The minimum atomic E-state index is -1.39. The molecule has 0 unspecified atom stereocenters. The molecule has 0 radical (unpaired) electrons. The van der Waals surface area contributed by atoms with Gasteiger partial charge in [-0.05, 0) is 5.56 Å². The van der Waals surface area contributed by atoms with Crippen molar-refractivity contribution in [1.29, 1.82) is 0 Å². The highest BCUT2D eigenvalue weighted by molar-refractivity contribution is 7.84. The summed E-state index contributed by atoms with van der Waals surface area (Å²) in [6, 6.07) is 9.67. The standard InChI is InChI=1S/C12H15N3O3S/c16-11(8-19(17)12-13-9-14-15-12)7-18-6-10-4-2-1-3-5-10/h1-5,9,11,16H,6-8H2,(H,13,14,15)/t11-,19+/m0/s1. The van der Waals surface area contributed by atoms with E-state index in [1.54, 1.807) is 0 Å². The van der Waals surface area contributed by atoms with Gasteiger partial charge in [0.05, 0.1) is 35.9 Å². The number of hydrogen-bond donors (Lipinski definition) is 2. The summed E-state index contributed by atoms with van der Waals surface area (Å²) < 4.78 is 17.1. The van der Waals surface area contributed by atoms with Crippen molar-refractivity contribution in [3.05, 3.63) is 42.2 Å². The fourth-order valence-corrected chi connectivity index (χ4v) is 2.42. The molecule has 0 fully saturated rings. The number of aromatic nitrogens is 3. The molecule has 2 rings (SSSR count). The Bertz CT molecular complexity index is 504. The van der Waals surface area contributed by atoms with Gasteiger partial charge in [0.2, 0.25) is 5.16 Å². The van der Waals surface area contributed by atoms with Crippen molar-refractivity contribution in [1.82, 2.24) is 15.2 Å². The Balaban J connectivity index is 1.70. The summed E-state index contributed by atoms with van der Waals surface area (Å²) >= 11 is 0. The van der Waals surface area contributed by atoms with E-state index in [-0.39, 0.29) is 17.5 Å². The number of rotatable bonds is 7. The third-order valence-electron chi connectivity index (χ3n) is 2.37. The van der Waals surface area contributed by atoms with E-state index in [0.29, 0.717) is 6.61 Å². The molecule has 0 aliphatic heterocycles. The highest BCUT2D eigenvalue weighted by Crippen LogP contribution is 2.03. The molecule has 0 saturated carbocycles. The van der Waals surface area contributed by atoms with Gasteiger partial charge in [-0.1, -0.05) is 30.3 Å². The van der Waals surface area contributed by atoms with Gasteiger partial charge in [-0.2, -0.15) is 5.10 Å². The number of aromatic amines is 1. The first-order valence-corrected chi connectivity index (χ1v) is 7.11. The summed E-state index contributed by atoms with van der Waals surface area (Å²) in [5, 5.41) is 16.1. The Labute approximate surface area is 113 Å². The molecule has 0 bridgehead atoms. The first kappa shape index (κ1) is 13.9. The number of H-pyrrole nitrogens is 1. The average Bonchev–Trinajstić information content (AvgIpc) is 2.94. The Morgan fingerprint density at radius 3 is 2.84 bits per heavy atom. The van der Waals surface area contributed by atoms with Gasteiger partial charge < -0.3 is 9.84 Å². The fourth-order valence-electron chi connectivity index (χ4n) is 1.49. The van der Waals surface area contributed by atoms with E-state index >= 15 is 0 Å². The minimum Gasteiger partial charge on any atom is -0.390 e. The number of nitrogens with one attached hydrogen (secondary N) is 1. The summed E-state index contributed by atoms with van der Waals surface area (Å²) in [6.45, 7) is 0.557. The Kier molecular flexibility index (Phi) is 5.20. The van der Waals surface area contributed by atoms with Gasteiger partial charge in [0.25, 0.3) is 0 Å². The van der Waals surface area contributed by atoms with Gasteiger partial charge in [-0.3, -0.25) is 9.31 Å². The smallest absolute Gasteiger partial charge is 0.214 e. The predicted molar refractivity (Wildman–Crippen MR) is 69.8 cm³/mol. The summed E-state index contributed by atoms with van der Waals surface area (Å²) in [5.41, 5.74) is 1.03. The predicted octanol–water partition coefficient (Wildman–Crippen LogP) is 0.490. The third kappa shape index (κ3) is 4.55. The van der Waals surface area contributed by atoms with E-state index in [4.69, 9.17) is 4.74 Å². The number of ether oxygens (including phenoxy) is 1. The number of aliphatic hydroxyl groups excluding tert-OH is 1. The molecule has 0 spiro atoms. The normalized spacial score (nSPS) is 14.2. The van der Waals surface area contributed by atoms with E-state index in [0.717, 1.165) is 5.56 Å². The largest absolute Gasteiger partial charge is 0.390 e. The van der Waals surface area contributed by atoms with E-state index in [9.17, 15) is 9.32 Å². The summed E-state index contributed by atoms with van der Waals surface area (Å²) in [7, 11) is -1.39. The number of nitrogens with zero attached hydrogens (tertiary/aromatic N) is 2. The first-order valence-electron chi connectivity index (χ1n) is 5.79. The second-order valence-corrected chi connectivity index (χ2v) is 5.37. The summed E-state index contributed by atoms with van der Waals surface area (Å²) in [6.07, 6.45) is 0.487. The van der Waals surface area contributed by atoms with Crippen molar-refractivity contribution in [3.8, 4) is 0 Å². The lowest BCUT2D eigenvalue weighted by Crippen LogP contribution is -2.23. The molecule has 2 aromatic rings. The molecule has 102 valence electrons. The maximum Gasteiger partial charge on any atom is 0.214 e. The van der Waals surface area contributed by atoms with Gasteiger partial charge in [-0.25, -0.2) is 4.98 Å². The first-order chi connectivity index (χ1) is 9.25. The summed E-state index contributed by atoms with van der Waals surface area (Å²) in [5.74, 6) is 0.0734. The molecule has 1 aromatic heterocycles. The Hall–Kier alpha value is -1.57. The van der Waals surface area contributed by atoms with Crippen LogP contribution in [0.3, 0.4) is 0 Å². The molecule has 0 saturated heterocycles. The molecule has 6 nitrogen and oxygen atoms in total. The fraction of sp³-hybridized carbons (Fsp3) is 0.333. The zero-order valence-corrected chi connectivity index (χ0v) is 11.0. The molecule has 0 amide bonds. The minimum absolute atomic E-state index is 0.0734. The van der Waals surface area contributed by atoms with Crippen molar-refractivity contribution in [2.45, 2.75) is 17.9 Å². The molecule has 1 heterocycles. The highest BCUT2D eigenvalue weighted by Gasteiger charge is 2.13. The topological polar surface area (TPSA) is 88.1 Å². The van der Waals surface area contributed by atoms with Crippen LogP contribution in [-0.4, -0.2) is 43.0 Å². The number of benzene rings is 1. The number of aliphatic hydroxyl groups is 1. The van der Waals surface area contributed by atoms with Crippen LogP contribution < -0.4 is 0 Å². The van der Waals surface area contributed by atoms with Crippen LogP contribution in [0.25, 0.3) is 0 Å². The second-order valence-electron chi connectivity index (χ2n) is 3.96. The van der Waals surface area contributed by atoms with Gasteiger partial charge >= 0.3 is 0 Å². The van der Waals surface area contributed by atoms with Crippen LogP contribution in [0.15, 0.2) is 41.8 Å². The van der Waals surface area contributed by atoms with Crippen LogP contribution in [-0.2, 0) is 22.1 Å². The molecular weight excluding hydrogens is 266 g/mol. The highest BCUT2D eigenvalue weighted by atomic mass is 32.2. The number of hydrogen-bond acceptors (Lipinski definition) is 5. The lowest BCUT2D eigenvalue weighted by atomic mass is 10.2. The lowest BCUT2D eigenvalue weighted by Gasteiger charge is -2.10. The van der Waals surface area contributed by atoms with E-state index in [2.05, 4.69) is 15.2 Å². The van der Waals surface area contributed by atoms with Crippen LogP contribution >= 0.6 is 0 Å². The monoisotopic (exact) mass is 281 g/mol. The van der Waals surface area contributed by atoms with Gasteiger partial charge in [0.1, 0.15) is 6.33 Å². The molecular formula is C12H15N3O3S. The van der Waals surface area contributed by atoms with Gasteiger partial charge in [0, 0.05) is 0 Å². The molecule has 2 N–H and O–H groups in total. The van der Waals surface area contributed by atoms with Crippen LogP contribution in [0.1, 0.15) is 5.56 Å². The average molecular weight is 281 g/mol. The Morgan fingerprint density at radius 2 is 2.16 bits per heavy atom. The Morgan fingerprint density at radius 1 is 1.37 bits per heavy atom. The van der Waals surface area contributed by atoms with E-state index < -0.39 is 16.9 Å². The quantitative estimate of drug-likeness (QED) is 0.771. The lowest BCUT2D eigenvalue weighted by molar-refractivity contribution is 0.0394. The van der Waals surface area contributed by atoms with Crippen LogP contribution in [0.5, 0.6) is 0 Å². The van der Waals surface area contributed by atoms with E-state index in [1.807, 2.05) is 30.3 Å². The van der Waals surface area contributed by atoms with Crippen LogP contribution in [0.2, 0.25) is 0 Å². The molecule has 7 heteroatoms. The van der Waals surface area contributed by atoms with Crippen molar-refractivity contribution < 1.29 is 14.1 Å². The molecule has 1 aromatic carbocycles. The second kappa shape index (κ2) is 7.13. The summed E-state index contributed by atoms with van der Waals surface area (Å²) in [4.78, 5) is 3.78. The molecule has 19 heavy (non-hydrogen) atoms. The molecule has 0 aliphatic carbocycles. The maximum atomic E-state index is 11.7. The zero-order valence-electron chi connectivity index (χ0n) is 10.2.